The minimum Gasteiger partial charge on any atom is -0.318 e. The molecule has 0 unspecified atom stereocenters. The van der Waals surface area contributed by atoms with Gasteiger partial charge >= 0.3 is 0 Å². The Bertz CT molecular complexity index is 894. The van der Waals surface area contributed by atoms with Crippen molar-refractivity contribution in [2.24, 2.45) is 7.05 Å². The lowest BCUT2D eigenvalue weighted by molar-refractivity contribution is 0.102. The molecular formula is C19H21N5O. The summed E-state index contributed by atoms with van der Waals surface area (Å²) < 4.78 is 3.61. The van der Waals surface area contributed by atoms with E-state index in [4.69, 9.17) is 0 Å². The van der Waals surface area contributed by atoms with Gasteiger partial charge < -0.3 is 5.32 Å². The van der Waals surface area contributed by atoms with Gasteiger partial charge in [0.05, 0.1) is 17.6 Å². The topological polar surface area (TPSA) is 64.7 Å². The van der Waals surface area contributed by atoms with Crippen LogP contribution in [0.25, 0.3) is 5.69 Å². The van der Waals surface area contributed by atoms with Gasteiger partial charge in [-0.1, -0.05) is 24.6 Å². The number of aryl methyl sites for hydroxylation is 1. The van der Waals surface area contributed by atoms with E-state index in [2.05, 4.69) is 15.5 Å². The van der Waals surface area contributed by atoms with Crippen molar-refractivity contribution >= 4 is 11.6 Å². The monoisotopic (exact) mass is 335 g/mol. The molecule has 6 heteroatoms. The van der Waals surface area contributed by atoms with Crippen molar-refractivity contribution < 1.29 is 4.79 Å². The number of carbonyl (C=O) groups is 1. The molecule has 0 fully saturated rings. The number of nitrogens with zero attached hydrogens (tertiary/aromatic N) is 4. The predicted molar refractivity (Wildman–Crippen MR) is 96.0 cm³/mol. The van der Waals surface area contributed by atoms with Gasteiger partial charge in [-0.15, -0.1) is 0 Å². The highest BCUT2D eigenvalue weighted by Crippen LogP contribution is 2.27. The van der Waals surface area contributed by atoms with Crippen LogP contribution in [0.3, 0.4) is 0 Å². The van der Waals surface area contributed by atoms with Crippen LogP contribution in [0.4, 0.5) is 5.69 Å². The zero-order chi connectivity index (χ0) is 17.2. The van der Waals surface area contributed by atoms with Crippen molar-refractivity contribution in [1.29, 1.82) is 0 Å². The fourth-order valence-electron chi connectivity index (χ4n) is 3.42. The summed E-state index contributed by atoms with van der Waals surface area (Å²) in [6.45, 7) is 0. The normalized spacial score (nSPS) is 14.0. The van der Waals surface area contributed by atoms with Crippen LogP contribution >= 0.6 is 0 Å². The van der Waals surface area contributed by atoms with E-state index in [9.17, 15) is 4.79 Å². The number of para-hydroxylation sites is 1. The number of fused-ring (bicyclic) bond motifs is 1. The second-order valence-electron chi connectivity index (χ2n) is 6.44. The van der Waals surface area contributed by atoms with E-state index in [1.54, 1.807) is 17.1 Å². The van der Waals surface area contributed by atoms with E-state index in [1.165, 1.54) is 12.1 Å². The first kappa shape index (κ1) is 15.6. The molecule has 2 heterocycles. The number of benzene rings is 1. The van der Waals surface area contributed by atoms with E-state index in [0.717, 1.165) is 36.9 Å². The Morgan fingerprint density at radius 3 is 2.68 bits per heavy atom. The molecule has 0 saturated carbocycles. The number of amides is 1. The van der Waals surface area contributed by atoms with Crippen LogP contribution in [0.5, 0.6) is 0 Å². The van der Waals surface area contributed by atoms with Gasteiger partial charge in [0.15, 0.2) is 5.69 Å². The summed E-state index contributed by atoms with van der Waals surface area (Å²) in [5.74, 6) is -0.166. The molecule has 25 heavy (non-hydrogen) atoms. The van der Waals surface area contributed by atoms with Crippen LogP contribution in [0.15, 0.2) is 42.7 Å². The zero-order valence-corrected chi connectivity index (χ0v) is 14.3. The molecule has 1 aliphatic rings. The van der Waals surface area contributed by atoms with E-state index < -0.39 is 0 Å². The quantitative estimate of drug-likeness (QED) is 0.748. The van der Waals surface area contributed by atoms with Crippen molar-refractivity contribution in [3.8, 4) is 5.69 Å². The van der Waals surface area contributed by atoms with Gasteiger partial charge in [-0.3, -0.25) is 9.48 Å². The first-order valence-electron chi connectivity index (χ1n) is 8.68. The third-order valence-corrected chi connectivity index (χ3v) is 4.61. The number of hydrogen-bond acceptors (Lipinski definition) is 3. The van der Waals surface area contributed by atoms with Gasteiger partial charge in [-0.05, 0) is 37.8 Å². The highest BCUT2D eigenvalue weighted by Gasteiger charge is 2.24. The maximum atomic E-state index is 12.8. The number of rotatable bonds is 3. The molecule has 0 bridgehead atoms. The first-order valence-corrected chi connectivity index (χ1v) is 8.68. The largest absolute Gasteiger partial charge is 0.318 e. The lowest BCUT2D eigenvalue weighted by Gasteiger charge is -2.06. The Hall–Kier alpha value is -2.89. The molecule has 0 aliphatic heterocycles. The average molecular weight is 335 g/mol. The summed E-state index contributed by atoms with van der Waals surface area (Å²) in [6, 6.07) is 10.0. The molecule has 0 spiro atoms. The van der Waals surface area contributed by atoms with Crippen LogP contribution < -0.4 is 5.32 Å². The Labute approximate surface area is 146 Å². The second-order valence-corrected chi connectivity index (χ2v) is 6.44. The molecule has 2 aromatic heterocycles. The standard InChI is InChI=1S/C19H21N5O/c1-23-13-14(12-20-23)21-19(25)18-16-10-6-3-7-11-17(16)24(22-18)15-8-4-2-5-9-15/h2,4-5,8-9,12-13H,3,6-7,10-11H2,1H3,(H,21,25). The number of aromatic nitrogens is 4. The molecule has 1 aromatic carbocycles. The third-order valence-electron chi connectivity index (χ3n) is 4.61. The minimum absolute atomic E-state index is 0.166. The van der Waals surface area contributed by atoms with E-state index >= 15 is 0 Å². The van der Waals surface area contributed by atoms with E-state index in [1.807, 2.05) is 42.1 Å². The van der Waals surface area contributed by atoms with E-state index in [0.29, 0.717) is 11.4 Å². The highest BCUT2D eigenvalue weighted by atomic mass is 16.2. The molecule has 3 aromatic rings. The van der Waals surface area contributed by atoms with Gasteiger partial charge in [0.25, 0.3) is 5.91 Å². The predicted octanol–water partition coefficient (Wildman–Crippen LogP) is 3.13. The Balaban J connectivity index is 1.74. The van der Waals surface area contributed by atoms with Gasteiger partial charge in [-0.2, -0.15) is 10.2 Å². The summed E-state index contributed by atoms with van der Waals surface area (Å²) in [5, 5.41) is 11.7. The second kappa shape index (κ2) is 6.55. The molecule has 0 saturated heterocycles. The molecule has 4 rings (SSSR count). The lowest BCUT2D eigenvalue weighted by Crippen LogP contribution is -2.14. The first-order chi connectivity index (χ1) is 12.2. The maximum Gasteiger partial charge on any atom is 0.276 e. The SMILES string of the molecule is Cn1cc(NC(=O)c2nn(-c3ccccc3)c3c2CCCCC3)cn1. The van der Waals surface area contributed by atoms with Gasteiger partial charge in [-0.25, -0.2) is 4.68 Å². The van der Waals surface area contributed by atoms with E-state index in [-0.39, 0.29) is 5.91 Å². The molecule has 1 amide bonds. The van der Waals surface area contributed by atoms with Crippen molar-refractivity contribution in [3.05, 3.63) is 59.7 Å². The van der Waals surface area contributed by atoms with Crippen molar-refractivity contribution in [2.45, 2.75) is 32.1 Å². The van der Waals surface area contributed by atoms with Gasteiger partial charge in [0.2, 0.25) is 0 Å². The summed E-state index contributed by atoms with van der Waals surface area (Å²) in [6.07, 6.45) is 8.70. The average Bonchev–Trinajstić information content (AvgIpc) is 3.11. The Morgan fingerprint density at radius 2 is 1.92 bits per heavy atom. The maximum absolute atomic E-state index is 12.8. The van der Waals surface area contributed by atoms with Gasteiger partial charge in [0.1, 0.15) is 0 Å². The number of hydrogen-bond donors (Lipinski definition) is 1. The smallest absolute Gasteiger partial charge is 0.276 e. The molecule has 0 atom stereocenters. The molecule has 1 N–H and O–H groups in total. The number of carbonyl (C=O) groups excluding carboxylic acids is 1. The van der Waals surface area contributed by atoms with Gasteiger partial charge in [0, 0.05) is 24.5 Å². The summed E-state index contributed by atoms with van der Waals surface area (Å²) in [5.41, 5.74) is 4.47. The fourth-order valence-corrected chi connectivity index (χ4v) is 3.42. The van der Waals surface area contributed by atoms with Crippen molar-refractivity contribution in [3.63, 3.8) is 0 Å². The lowest BCUT2D eigenvalue weighted by atomic mass is 10.1. The molecule has 0 radical (unpaired) electrons. The minimum atomic E-state index is -0.166. The van der Waals surface area contributed by atoms with Crippen LogP contribution in [-0.2, 0) is 19.9 Å². The fraction of sp³-hybridized carbons (Fsp3) is 0.316. The Morgan fingerprint density at radius 1 is 1.12 bits per heavy atom. The van der Waals surface area contributed by atoms with Crippen molar-refractivity contribution in [2.75, 3.05) is 5.32 Å². The number of anilines is 1. The zero-order valence-electron chi connectivity index (χ0n) is 14.3. The van der Waals surface area contributed by atoms with Crippen LogP contribution in [0.1, 0.15) is 41.0 Å². The van der Waals surface area contributed by atoms with Crippen LogP contribution in [0, 0.1) is 0 Å². The summed E-state index contributed by atoms with van der Waals surface area (Å²) in [7, 11) is 1.83. The van der Waals surface area contributed by atoms with Crippen LogP contribution in [0.2, 0.25) is 0 Å². The van der Waals surface area contributed by atoms with Crippen molar-refractivity contribution in [1.82, 2.24) is 19.6 Å². The third kappa shape index (κ3) is 3.07. The molecule has 128 valence electrons. The van der Waals surface area contributed by atoms with Crippen LogP contribution in [-0.4, -0.2) is 25.5 Å². The summed E-state index contributed by atoms with van der Waals surface area (Å²) >= 11 is 0. The summed E-state index contributed by atoms with van der Waals surface area (Å²) in [4.78, 5) is 12.8. The Kier molecular flexibility index (Phi) is 4.09. The highest BCUT2D eigenvalue weighted by molar-refractivity contribution is 6.04. The molecular weight excluding hydrogens is 314 g/mol. The molecule has 1 aliphatic carbocycles. The number of nitrogens with one attached hydrogen (secondary N) is 1. The molecule has 6 nitrogen and oxygen atoms in total.